The van der Waals surface area contributed by atoms with Gasteiger partial charge in [0, 0.05) is 50.9 Å². The van der Waals surface area contributed by atoms with E-state index >= 15 is 0 Å². The fourth-order valence-electron chi connectivity index (χ4n) is 4.94. The molecule has 0 spiro atoms. The molecule has 1 aromatic rings. The van der Waals surface area contributed by atoms with Gasteiger partial charge in [0.1, 0.15) is 0 Å². The Hall–Kier alpha value is -1.95. The average Bonchev–Trinajstić information content (AvgIpc) is 3.39. The highest BCUT2D eigenvalue weighted by molar-refractivity contribution is 5.80. The Morgan fingerprint density at radius 3 is 2.76 bits per heavy atom. The third-order valence-corrected chi connectivity index (χ3v) is 6.41. The predicted molar refractivity (Wildman–Crippen MR) is 116 cm³/mol. The normalized spacial score (nSPS) is 25.5. The van der Waals surface area contributed by atoms with Crippen LogP contribution in [0, 0.1) is 5.92 Å². The van der Waals surface area contributed by atoms with Crippen LogP contribution in [0.2, 0.25) is 0 Å². The Balaban J connectivity index is 1.53. The van der Waals surface area contributed by atoms with E-state index in [0.29, 0.717) is 0 Å². The van der Waals surface area contributed by atoms with Gasteiger partial charge < -0.3 is 10.2 Å². The van der Waals surface area contributed by atoms with Crippen LogP contribution in [0.5, 0.6) is 0 Å². The van der Waals surface area contributed by atoms with E-state index in [1.54, 1.807) is 5.57 Å². The average molecular weight is 398 g/mol. The number of allylic oxidation sites excluding steroid dienone is 1. The molecule has 0 unspecified atom stereocenters. The molecule has 2 saturated heterocycles. The summed E-state index contributed by atoms with van der Waals surface area (Å²) in [6.45, 7) is 8.82. The van der Waals surface area contributed by atoms with Crippen molar-refractivity contribution < 1.29 is 4.79 Å². The van der Waals surface area contributed by atoms with Crippen molar-refractivity contribution >= 4 is 11.9 Å². The zero-order valence-corrected chi connectivity index (χ0v) is 17.9. The summed E-state index contributed by atoms with van der Waals surface area (Å²) in [5, 5.41) is 3.14. The van der Waals surface area contributed by atoms with Gasteiger partial charge in [-0.1, -0.05) is 11.6 Å². The van der Waals surface area contributed by atoms with E-state index in [1.807, 2.05) is 26.1 Å². The van der Waals surface area contributed by atoms with E-state index in [9.17, 15) is 4.79 Å². The number of hydrogen-bond donors (Lipinski definition) is 1. The second kappa shape index (κ2) is 9.24. The molecule has 1 N–H and O–H groups in total. The molecule has 3 aliphatic rings. The lowest BCUT2D eigenvalue weighted by Gasteiger charge is -2.21. The molecule has 0 radical (unpaired) electrons. The second-order valence-corrected chi connectivity index (χ2v) is 9.15. The Morgan fingerprint density at radius 2 is 2.03 bits per heavy atom. The lowest BCUT2D eigenvalue weighted by Crippen LogP contribution is -2.38. The standard InChI is InChI=1S/C23H35N5O/c1-17(2)25-22(29)20-16-27(14-18-8-4-3-5-9-18)15-19(20)21-10-11-24-23(26-21)28-12-6-7-13-28/h8,10-11,17,19-20H,3-7,9,12-16H2,1-2H3,(H,25,29)/t19-,20-/m1/s1. The quantitative estimate of drug-likeness (QED) is 0.748. The minimum absolute atomic E-state index is 0.0529. The monoisotopic (exact) mass is 397 g/mol. The number of carbonyl (C=O) groups is 1. The van der Waals surface area contributed by atoms with Crippen LogP contribution in [0.1, 0.15) is 64.0 Å². The molecular formula is C23H35N5O. The maximum Gasteiger partial charge on any atom is 0.225 e. The third kappa shape index (κ3) is 4.97. The summed E-state index contributed by atoms with van der Waals surface area (Å²) in [5.74, 6) is 1.06. The molecule has 0 bridgehead atoms. The van der Waals surface area contributed by atoms with E-state index in [2.05, 4.69) is 26.2 Å². The molecule has 1 aliphatic carbocycles. The van der Waals surface area contributed by atoms with Gasteiger partial charge in [-0.25, -0.2) is 9.97 Å². The number of aromatic nitrogens is 2. The molecular weight excluding hydrogens is 362 g/mol. The summed E-state index contributed by atoms with van der Waals surface area (Å²) < 4.78 is 0. The first-order chi connectivity index (χ1) is 14.1. The van der Waals surface area contributed by atoms with Gasteiger partial charge in [-0.3, -0.25) is 9.69 Å². The molecule has 2 atom stereocenters. The van der Waals surface area contributed by atoms with Crippen LogP contribution in [0.15, 0.2) is 23.9 Å². The van der Waals surface area contributed by atoms with Gasteiger partial charge in [-0.2, -0.15) is 0 Å². The van der Waals surface area contributed by atoms with Crippen LogP contribution < -0.4 is 10.2 Å². The van der Waals surface area contributed by atoms with Crippen LogP contribution in [0.3, 0.4) is 0 Å². The first-order valence-corrected chi connectivity index (χ1v) is 11.4. The molecule has 0 aromatic carbocycles. The summed E-state index contributed by atoms with van der Waals surface area (Å²) in [6, 6.07) is 2.17. The van der Waals surface area contributed by atoms with E-state index in [0.717, 1.165) is 44.4 Å². The van der Waals surface area contributed by atoms with Crippen LogP contribution >= 0.6 is 0 Å². The molecule has 29 heavy (non-hydrogen) atoms. The van der Waals surface area contributed by atoms with Crippen molar-refractivity contribution in [3.05, 3.63) is 29.6 Å². The van der Waals surface area contributed by atoms with Crippen molar-refractivity contribution in [3.8, 4) is 0 Å². The highest BCUT2D eigenvalue weighted by Crippen LogP contribution is 2.34. The van der Waals surface area contributed by atoms with Gasteiger partial charge >= 0.3 is 0 Å². The van der Waals surface area contributed by atoms with Crippen LogP contribution in [-0.2, 0) is 4.79 Å². The van der Waals surface area contributed by atoms with Crippen molar-refractivity contribution in [2.45, 2.75) is 64.3 Å². The third-order valence-electron chi connectivity index (χ3n) is 6.41. The molecule has 0 saturated carbocycles. The molecule has 6 heteroatoms. The zero-order valence-electron chi connectivity index (χ0n) is 17.9. The van der Waals surface area contributed by atoms with Crippen molar-refractivity contribution in [2.24, 2.45) is 5.92 Å². The summed E-state index contributed by atoms with van der Waals surface area (Å²) >= 11 is 0. The van der Waals surface area contributed by atoms with Crippen LogP contribution in [-0.4, -0.2) is 59.5 Å². The number of rotatable bonds is 6. The number of nitrogens with zero attached hydrogens (tertiary/aromatic N) is 4. The van der Waals surface area contributed by atoms with E-state index < -0.39 is 0 Å². The van der Waals surface area contributed by atoms with E-state index in [1.165, 1.54) is 38.5 Å². The van der Waals surface area contributed by atoms with Gasteiger partial charge in [-0.15, -0.1) is 0 Å². The molecule has 4 rings (SSSR count). The topological polar surface area (TPSA) is 61.4 Å². The van der Waals surface area contributed by atoms with Gasteiger partial charge in [0.05, 0.1) is 11.6 Å². The van der Waals surface area contributed by atoms with E-state index in [-0.39, 0.29) is 23.8 Å². The number of hydrogen-bond acceptors (Lipinski definition) is 5. The lowest BCUT2D eigenvalue weighted by molar-refractivity contribution is -0.125. The van der Waals surface area contributed by atoms with Crippen molar-refractivity contribution in [3.63, 3.8) is 0 Å². The fraction of sp³-hybridized carbons (Fsp3) is 0.696. The molecule has 3 heterocycles. The van der Waals surface area contributed by atoms with Crippen molar-refractivity contribution in [2.75, 3.05) is 37.6 Å². The minimum atomic E-state index is -0.0529. The summed E-state index contributed by atoms with van der Waals surface area (Å²) in [6.07, 6.45) is 11.7. The molecule has 1 amide bonds. The smallest absolute Gasteiger partial charge is 0.225 e. The number of likely N-dealkylation sites (tertiary alicyclic amines) is 1. The van der Waals surface area contributed by atoms with Gasteiger partial charge in [0.2, 0.25) is 11.9 Å². The molecule has 158 valence electrons. The Kier molecular flexibility index (Phi) is 6.48. The second-order valence-electron chi connectivity index (χ2n) is 9.15. The zero-order chi connectivity index (χ0) is 20.2. The molecule has 6 nitrogen and oxygen atoms in total. The minimum Gasteiger partial charge on any atom is -0.354 e. The Morgan fingerprint density at radius 1 is 1.21 bits per heavy atom. The molecule has 1 aromatic heterocycles. The number of carbonyl (C=O) groups excluding carboxylic acids is 1. The Bertz CT molecular complexity index is 741. The number of anilines is 1. The molecule has 2 aliphatic heterocycles. The lowest BCUT2D eigenvalue weighted by atomic mass is 9.91. The number of amides is 1. The highest BCUT2D eigenvalue weighted by atomic mass is 16.2. The van der Waals surface area contributed by atoms with Gasteiger partial charge in [-0.05, 0) is 58.4 Å². The Labute approximate surface area is 174 Å². The fourth-order valence-corrected chi connectivity index (χ4v) is 4.94. The largest absolute Gasteiger partial charge is 0.354 e. The first kappa shape index (κ1) is 20.3. The first-order valence-electron chi connectivity index (χ1n) is 11.4. The highest BCUT2D eigenvalue weighted by Gasteiger charge is 2.39. The SMILES string of the molecule is CC(C)NC(=O)[C@@H]1CN(CC2=CCCCC2)C[C@H]1c1ccnc(N2CCCC2)n1. The summed E-state index contributed by atoms with van der Waals surface area (Å²) in [4.78, 5) is 27.2. The molecule has 2 fully saturated rings. The maximum atomic E-state index is 13.0. The van der Waals surface area contributed by atoms with E-state index in [4.69, 9.17) is 4.98 Å². The summed E-state index contributed by atoms with van der Waals surface area (Å²) in [5.41, 5.74) is 2.56. The van der Waals surface area contributed by atoms with Crippen molar-refractivity contribution in [1.82, 2.24) is 20.2 Å². The van der Waals surface area contributed by atoms with Gasteiger partial charge in [0.15, 0.2) is 0 Å². The van der Waals surface area contributed by atoms with Gasteiger partial charge in [0.25, 0.3) is 0 Å². The van der Waals surface area contributed by atoms with Crippen LogP contribution in [0.25, 0.3) is 0 Å². The number of nitrogens with one attached hydrogen (secondary N) is 1. The summed E-state index contributed by atoms with van der Waals surface area (Å²) in [7, 11) is 0. The van der Waals surface area contributed by atoms with Crippen LogP contribution in [0.4, 0.5) is 5.95 Å². The van der Waals surface area contributed by atoms with Crippen molar-refractivity contribution in [1.29, 1.82) is 0 Å². The maximum absolute atomic E-state index is 13.0. The predicted octanol–water partition coefficient (Wildman–Crippen LogP) is 3.12.